The van der Waals surface area contributed by atoms with Crippen LogP contribution in [-0.4, -0.2) is 23.0 Å². The van der Waals surface area contributed by atoms with Crippen LogP contribution in [0.15, 0.2) is 121 Å². The van der Waals surface area contributed by atoms with Crippen molar-refractivity contribution in [3.05, 3.63) is 159 Å². The maximum atomic E-state index is 10.9. The van der Waals surface area contributed by atoms with Crippen molar-refractivity contribution >= 4 is 18.4 Å². The summed E-state index contributed by atoms with van der Waals surface area (Å²) in [4.78, 5) is 4.48. The Bertz CT molecular complexity index is 2050. The Morgan fingerprint density at radius 2 is 1.62 bits per heavy atom. The van der Waals surface area contributed by atoms with Gasteiger partial charge < -0.3 is 5.11 Å². The first-order valence-electron chi connectivity index (χ1n) is 17.7. The van der Waals surface area contributed by atoms with Crippen molar-refractivity contribution in [3.8, 4) is 11.1 Å². The number of hydrogen-bond donors (Lipinski definition) is 1. The fraction of sp³-hybridized carbons (Fsp3) is 0.311. The van der Waals surface area contributed by atoms with E-state index >= 15 is 0 Å². The number of aliphatic hydroxyl groups is 1. The summed E-state index contributed by atoms with van der Waals surface area (Å²) < 4.78 is 0. The fourth-order valence-electron chi connectivity index (χ4n) is 8.45. The molecule has 1 N–H and O–H groups in total. The van der Waals surface area contributed by atoms with Gasteiger partial charge in [-0.05, 0) is 119 Å². The first kappa shape index (κ1) is 31.1. The number of aryl methyl sites for hydroxylation is 1. The van der Waals surface area contributed by atoms with Crippen LogP contribution in [0.5, 0.6) is 0 Å². The molecule has 0 aliphatic heterocycles. The molecule has 1 heterocycles. The van der Waals surface area contributed by atoms with E-state index in [1.165, 1.54) is 78.7 Å². The van der Waals surface area contributed by atoms with Crippen LogP contribution < -0.4 is 0 Å². The Hall–Kier alpha value is -4.21. The molecule has 0 saturated carbocycles. The minimum absolute atomic E-state index is 0.212. The molecule has 4 aliphatic rings. The average molecular weight is 627 g/mol. The highest BCUT2D eigenvalue weighted by Crippen LogP contribution is 2.64. The zero-order valence-corrected chi connectivity index (χ0v) is 29.0. The summed E-state index contributed by atoms with van der Waals surface area (Å²) in [6, 6.07) is 27.8. The summed E-state index contributed by atoms with van der Waals surface area (Å²) in [6.45, 7) is 10.4. The summed E-state index contributed by atoms with van der Waals surface area (Å²) in [6.07, 6.45) is 18.8. The second-order valence-electron chi connectivity index (χ2n) is 15.6. The third kappa shape index (κ3) is 4.85. The summed E-state index contributed by atoms with van der Waals surface area (Å²) in [5.74, 6) is 0.212. The Morgan fingerprint density at radius 1 is 0.854 bits per heavy atom. The van der Waals surface area contributed by atoms with Crippen molar-refractivity contribution in [2.75, 3.05) is 0 Å². The minimum atomic E-state index is -0.784. The third-order valence-electron chi connectivity index (χ3n) is 11.9. The van der Waals surface area contributed by atoms with E-state index in [2.05, 4.69) is 124 Å². The summed E-state index contributed by atoms with van der Waals surface area (Å²) in [7, 11) is 2.33. The monoisotopic (exact) mass is 626 g/mol. The summed E-state index contributed by atoms with van der Waals surface area (Å²) in [5.41, 5.74) is 16.3. The molecule has 48 heavy (non-hydrogen) atoms. The lowest BCUT2D eigenvalue weighted by Gasteiger charge is -2.37. The summed E-state index contributed by atoms with van der Waals surface area (Å²) >= 11 is 0. The standard InChI is InChI=1S/C45H45BNO/c1-29-17-19-37-38-20-18-30(32-23-33(31-12-11-21-47-27-31)25-34(24-32)46-28-43(2,3)44(4,5)48)26-42(38)45(41(37)22-29)39-15-8-6-7-13-35(39)36-14-9-10-16-40(36)45/h9-22,24-27,32,48H,6-8,23,28H2,1-5H3. The molecule has 239 valence electrons. The Kier molecular flexibility index (Phi) is 7.42. The molecule has 0 fully saturated rings. The van der Waals surface area contributed by atoms with Crippen LogP contribution in [-0.2, 0) is 5.41 Å². The predicted molar refractivity (Wildman–Crippen MR) is 201 cm³/mol. The Balaban J connectivity index is 1.29. The number of pyridine rings is 1. The number of benzene rings is 3. The highest BCUT2D eigenvalue weighted by atomic mass is 16.3. The molecule has 1 spiro atoms. The van der Waals surface area contributed by atoms with Crippen molar-refractivity contribution in [1.29, 1.82) is 0 Å². The molecule has 0 amide bonds. The van der Waals surface area contributed by atoms with Gasteiger partial charge in [0.05, 0.1) is 11.0 Å². The maximum absolute atomic E-state index is 10.9. The van der Waals surface area contributed by atoms with E-state index in [0.717, 1.165) is 25.6 Å². The van der Waals surface area contributed by atoms with E-state index in [1.54, 1.807) is 0 Å². The zero-order chi connectivity index (χ0) is 33.3. The Morgan fingerprint density at radius 3 is 2.42 bits per heavy atom. The first-order chi connectivity index (χ1) is 23.1. The molecule has 3 aromatic carbocycles. The normalized spacial score (nSPS) is 21.2. The smallest absolute Gasteiger partial charge is 0.151 e. The van der Waals surface area contributed by atoms with Crippen molar-refractivity contribution in [2.45, 2.75) is 83.6 Å². The van der Waals surface area contributed by atoms with Gasteiger partial charge in [0.15, 0.2) is 7.28 Å². The molecule has 1 radical (unpaired) electrons. The van der Waals surface area contributed by atoms with Gasteiger partial charge in [0.1, 0.15) is 0 Å². The van der Waals surface area contributed by atoms with Crippen LogP contribution in [0.3, 0.4) is 0 Å². The van der Waals surface area contributed by atoms with E-state index in [1.807, 2.05) is 32.3 Å². The van der Waals surface area contributed by atoms with Gasteiger partial charge in [-0.2, -0.15) is 0 Å². The highest BCUT2D eigenvalue weighted by molar-refractivity contribution is 6.47. The number of fused-ring (bicyclic) bond motifs is 10. The van der Waals surface area contributed by atoms with Gasteiger partial charge in [0, 0.05) is 18.3 Å². The minimum Gasteiger partial charge on any atom is -0.390 e. The molecule has 0 bridgehead atoms. The van der Waals surface area contributed by atoms with Crippen LogP contribution in [0.25, 0.3) is 22.3 Å². The first-order valence-corrected chi connectivity index (χ1v) is 17.7. The SMILES string of the molecule is Cc1ccc2c(c1)C1(C3=CCCCC=C3c3ccccc31)c1cc(C3C=C([B]CC(C)(C)C(C)(C)O)C=C(c4cccnc4)C3)ccc1-2. The lowest BCUT2D eigenvalue weighted by molar-refractivity contribution is -0.0236. The quantitative estimate of drug-likeness (QED) is 0.216. The molecule has 3 heteroatoms. The van der Waals surface area contributed by atoms with Crippen molar-refractivity contribution in [3.63, 3.8) is 0 Å². The number of allylic oxidation sites excluding steroid dienone is 8. The van der Waals surface area contributed by atoms with Crippen LogP contribution in [0.2, 0.25) is 6.32 Å². The number of hydrogen-bond acceptors (Lipinski definition) is 2. The summed E-state index contributed by atoms with van der Waals surface area (Å²) in [5, 5.41) is 10.9. The number of aromatic nitrogens is 1. The van der Waals surface area contributed by atoms with Gasteiger partial charge in [0.2, 0.25) is 0 Å². The molecule has 1 aromatic heterocycles. The van der Waals surface area contributed by atoms with Gasteiger partial charge in [-0.1, -0.05) is 122 Å². The molecule has 8 rings (SSSR count). The molecule has 2 nitrogen and oxygen atoms in total. The fourth-order valence-corrected chi connectivity index (χ4v) is 8.45. The molecule has 4 aromatic rings. The van der Waals surface area contributed by atoms with Gasteiger partial charge in [-0.25, -0.2) is 0 Å². The molecular weight excluding hydrogens is 581 g/mol. The van der Waals surface area contributed by atoms with E-state index in [-0.39, 0.29) is 16.7 Å². The van der Waals surface area contributed by atoms with Crippen LogP contribution in [0.1, 0.15) is 98.2 Å². The molecule has 0 saturated heterocycles. The predicted octanol–water partition coefficient (Wildman–Crippen LogP) is 10.6. The second kappa shape index (κ2) is 11.5. The molecule has 2 unspecified atom stereocenters. The highest BCUT2D eigenvalue weighted by Gasteiger charge is 2.53. The lowest BCUT2D eigenvalue weighted by atomic mass is 9.54. The largest absolute Gasteiger partial charge is 0.390 e. The van der Waals surface area contributed by atoms with Gasteiger partial charge in [0.25, 0.3) is 0 Å². The number of nitrogens with zero attached hydrogens (tertiary/aromatic N) is 1. The van der Waals surface area contributed by atoms with Gasteiger partial charge >= 0.3 is 0 Å². The van der Waals surface area contributed by atoms with Crippen LogP contribution in [0.4, 0.5) is 0 Å². The maximum Gasteiger partial charge on any atom is 0.151 e. The van der Waals surface area contributed by atoms with E-state index in [0.29, 0.717) is 0 Å². The molecule has 2 atom stereocenters. The Labute approximate surface area is 287 Å². The number of rotatable bonds is 6. The van der Waals surface area contributed by atoms with Crippen LogP contribution in [0, 0.1) is 12.3 Å². The van der Waals surface area contributed by atoms with E-state index < -0.39 is 5.60 Å². The topological polar surface area (TPSA) is 33.1 Å². The van der Waals surface area contributed by atoms with E-state index in [9.17, 15) is 5.11 Å². The average Bonchev–Trinajstić information content (AvgIpc) is 3.37. The van der Waals surface area contributed by atoms with E-state index in [4.69, 9.17) is 0 Å². The van der Waals surface area contributed by atoms with Crippen LogP contribution >= 0.6 is 0 Å². The zero-order valence-electron chi connectivity index (χ0n) is 29.0. The van der Waals surface area contributed by atoms with Gasteiger partial charge in [-0.3, -0.25) is 4.98 Å². The van der Waals surface area contributed by atoms with Gasteiger partial charge in [-0.15, -0.1) is 0 Å². The lowest BCUT2D eigenvalue weighted by Crippen LogP contribution is -2.39. The molecule has 4 aliphatic carbocycles. The molecular formula is C45H45BNO. The second-order valence-corrected chi connectivity index (χ2v) is 15.6. The third-order valence-corrected chi connectivity index (χ3v) is 11.9. The van der Waals surface area contributed by atoms with Crippen molar-refractivity contribution in [1.82, 2.24) is 4.98 Å². The van der Waals surface area contributed by atoms with Crippen molar-refractivity contribution < 1.29 is 5.11 Å². The van der Waals surface area contributed by atoms with Crippen molar-refractivity contribution in [2.24, 2.45) is 5.41 Å².